The van der Waals surface area contributed by atoms with Crippen LogP contribution >= 0.6 is 11.3 Å². The summed E-state index contributed by atoms with van der Waals surface area (Å²) in [6, 6.07) is 11.0. The molecule has 90 valence electrons. The van der Waals surface area contributed by atoms with Crippen LogP contribution in [0.2, 0.25) is 0 Å². The van der Waals surface area contributed by atoms with Crippen molar-refractivity contribution in [3.63, 3.8) is 0 Å². The molecule has 0 saturated heterocycles. The second-order valence-corrected chi connectivity index (χ2v) is 5.07. The lowest BCUT2D eigenvalue weighted by Gasteiger charge is -2.02. The van der Waals surface area contributed by atoms with Crippen molar-refractivity contribution in [1.29, 1.82) is 0 Å². The van der Waals surface area contributed by atoms with E-state index in [1.165, 1.54) is 22.4 Å². The molecule has 0 aliphatic rings. The van der Waals surface area contributed by atoms with Crippen molar-refractivity contribution in [3.8, 4) is 11.1 Å². The fourth-order valence-electron chi connectivity index (χ4n) is 1.99. The van der Waals surface area contributed by atoms with Crippen LogP contribution in [0.3, 0.4) is 0 Å². The summed E-state index contributed by atoms with van der Waals surface area (Å²) in [5, 5.41) is 4.29. The molecular formula is C15H14N2S. The lowest BCUT2D eigenvalue weighted by Crippen LogP contribution is -1.91. The van der Waals surface area contributed by atoms with Crippen molar-refractivity contribution >= 4 is 11.3 Å². The standard InChI is InChI=1S/C15H14N2S/c1-4-13(14-7-8-18-10-14)5-2-12(1)3-6-15-9-16-11-17-15/h1-2,4-5,7-11H,3,6H2,(H,16,17). The molecule has 1 N–H and O–H groups in total. The summed E-state index contributed by atoms with van der Waals surface area (Å²) in [5.74, 6) is 0. The molecule has 3 rings (SSSR count). The van der Waals surface area contributed by atoms with E-state index in [-0.39, 0.29) is 0 Å². The number of thiophene rings is 1. The first-order chi connectivity index (χ1) is 8.92. The van der Waals surface area contributed by atoms with Crippen molar-refractivity contribution in [2.45, 2.75) is 12.8 Å². The van der Waals surface area contributed by atoms with Crippen LogP contribution in [0.25, 0.3) is 11.1 Å². The van der Waals surface area contributed by atoms with E-state index < -0.39 is 0 Å². The summed E-state index contributed by atoms with van der Waals surface area (Å²) in [5.41, 5.74) is 5.15. The van der Waals surface area contributed by atoms with Crippen molar-refractivity contribution in [2.75, 3.05) is 0 Å². The molecule has 0 aliphatic heterocycles. The van der Waals surface area contributed by atoms with Gasteiger partial charge in [0.15, 0.2) is 0 Å². The van der Waals surface area contributed by atoms with Gasteiger partial charge in [0.2, 0.25) is 0 Å². The summed E-state index contributed by atoms with van der Waals surface area (Å²) in [6.45, 7) is 0. The zero-order valence-corrected chi connectivity index (χ0v) is 10.8. The molecule has 1 aromatic carbocycles. The van der Waals surface area contributed by atoms with Crippen LogP contribution in [0.15, 0.2) is 53.6 Å². The minimum absolute atomic E-state index is 1.01. The van der Waals surface area contributed by atoms with E-state index >= 15 is 0 Å². The Morgan fingerprint density at radius 3 is 2.56 bits per heavy atom. The second kappa shape index (κ2) is 5.19. The predicted molar refractivity (Wildman–Crippen MR) is 75.8 cm³/mol. The number of nitrogens with zero attached hydrogens (tertiary/aromatic N) is 1. The van der Waals surface area contributed by atoms with Gasteiger partial charge in [-0.25, -0.2) is 4.98 Å². The summed E-state index contributed by atoms with van der Waals surface area (Å²) in [6.07, 6.45) is 5.68. The third-order valence-electron chi connectivity index (χ3n) is 3.05. The topological polar surface area (TPSA) is 28.7 Å². The van der Waals surface area contributed by atoms with Crippen LogP contribution in [0.5, 0.6) is 0 Å². The molecule has 2 heterocycles. The minimum atomic E-state index is 1.01. The quantitative estimate of drug-likeness (QED) is 0.751. The molecule has 3 aromatic rings. The first kappa shape index (κ1) is 11.2. The fourth-order valence-corrected chi connectivity index (χ4v) is 2.66. The average molecular weight is 254 g/mol. The van der Waals surface area contributed by atoms with Crippen LogP contribution in [0.4, 0.5) is 0 Å². The Balaban J connectivity index is 1.68. The Kier molecular flexibility index (Phi) is 3.24. The first-order valence-electron chi connectivity index (χ1n) is 6.00. The molecule has 18 heavy (non-hydrogen) atoms. The number of hydrogen-bond donors (Lipinski definition) is 1. The molecule has 0 fully saturated rings. The molecule has 0 amide bonds. The summed E-state index contributed by atoms with van der Waals surface area (Å²) >= 11 is 1.74. The van der Waals surface area contributed by atoms with E-state index in [2.05, 4.69) is 51.1 Å². The maximum absolute atomic E-state index is 4.03. The SMILES string of the molecule is c1ncc(CCc2ccc(-c3ccsc3)cc2)[nH]1. The number of aromatic amines is 1. The van der Waals surface area contributed by atoms with Crippen molar-refractivity contribution in [2.24, 2.45) is 0 Å². The lowest BCUT2D eigenvalue weighted by molar-refractivity contribution is 0.926. The number of benzene rings is 1. The normalized spacial score (nSPS) is 10.7. The number of nitrogens with one attached hydrogen (secondary N) is 1. The highest BCUT2D eigenvalue weighted by Crippen LogP contribution is 2.22. The molecule has 0 radical (unpaired) electrons. The van der Waals surface area contributed by atoms with Gasteiger partial charge < -0.3 is 4.98 Å². The maximum atomic E-state index is 4.03. The number of imidazole rings is 1. The zero-order valence-electron chi connectivity index (χ0n) is 9.97. The smallest absolute Gasteiger partial charge is 0.0921 e. The summed E-state index contributed by atoms with van der Waals surface area (Å²) in [7, 11) is 0. The van der Waals surface area contributed by atoms with E-state index in [1.54, 1.807) is 17.7 Å². The highest BCUT2D eigenvalue weighted by Gasteiger charge is 1.99. The minimum Gasteiger partial charge on any atom is -0.348 e. The van der Waals surface area contributed by atoms with Gasteiger partial charge in [0, 0.05) is 11.9 Å². The third kappa shape index (κ3) is 2.51. The van der Waals surface area contributed by atoms with Gasteiger partial charge in [-0.2, -0.15) is 11.3 Å². The van der Waals surface area contributed by atoms with E-state index in [9.17, 15) is 0 Å². The number of hydrogen-bond acceptors (Lipinski definition) is 2. The average Bonchev–Trinajstić information content (AvgIpc) is 3.10. The molecule has 0 spiro atoms. The molecule has 0 atom stereocenters. The van der Waals surface area contributed by atoms with Crippen molar-refractivity contribution in [1.82, 2.24) is 9.97 Å². The molecule has 0 saturated carbocycles. The van der Waals surface area contributed by atoms with Gasteiger partial charge in [0.05, 0.1) is 6.33 Å². The van der Waals surface area contributed by atoms with Gasteiger partial charge in [-0.3, -0.25) is 0 Å². The van der Waals surface area contributed by atoms with Gasteiger partial charge in [-0.15, -0.1) is 0 Å². The predicted octanol–water partition coefficient (Wildman–Crippen LogP) is 3.92. The van der Waals surface area contributed by atoms with E-state index in [1.807, 2.05) is 6.20 Å². The van der Waals surface area contributed by atoms with Crippen LogP contribution in [0.1, 0.15) is 11.3 Å². The highest BCUT2D eigenvalue weighted by atomic mass is 32.1. The fraction of sp³-hybridized carbons (Fsp3) is 0.133. The van der Waals surface area contributed by atoms with Crippen LogP contribution in [0, 0.1) is 0 Å². The number of aromatic nitrogens is 2. The van der Waals surface area contributed by atoms with Crippen LogP contribution < -0.4 is 0 Å². The number of aryl methyl sites for hydroxylation is 2. The Morgan fingerprint density at radius 2 is 1.89 bits per heavy atom. The Hall–Kier alpha value is -1.87. The molecule has 3 heteroatoms. The highest BCUT2D eigenvalue weighted by molar-refractivity contribution is 7.08. The van der Waals surface area contributed by atoms with Gasteiger partial charge in [-0.05, 0) is 46.4 Å². The molecular weight excluding hydrogens is 240 g/mol. The van der Waals surface area contributed by atoms with E-state index in [0.29, 0.717) is 0 Å². The van der Waals surface area contributed by atoms with Gasteiger partial charge in [0.1, 0.15) is 0 Å². The van der Waals surface area contributed by atoms with Gasteiger partial charge in [0.25, 0.3) is 0 Å². The van der Waals surface area contributed by atoms with Gasteiger partial charge >= 0.3 is 0 Å². The molecule has 0 unspecified atom stereocenters. The van der Waals surface area contributed by atoms with Gasteiger partial charge in [-0.1, -0.05) is 24.3 Å². The van der Waals surface area contributed by atoms with E-state index in [4.69, 9.17) is 0 Å². The first-order valence-corrected chi connectivity index (χ1v) is 6.95. The maximum Gasteiger partial charge on any atom is 0.0921 e. The molecule has 0 bridgehead atoms. The van der Waals surface area contributed by atoms with Crippen LogP contribution in [-0.4, -0.2) is 9.97 Å². The van der Waals surface area contributed by atoms with Crippen molar-refractivity contribution < 1.29 is 0 Å². The Bertz CT molecular complexity index is 580. The number of rotatable bonds is 4. The molecule has 2 aromatic heterocycles. The zero-order chi connectivity index (χ0) is 12.2. The Labute approximate surface area is 110 Å². The van der Waals surface area contributed by atoms with E-state index in [0.717, 1.165) is 12.8 Å². The monoisotopic (exact) mass is 254 g/mol. The number of H-pyrrole nitrogens is 1. The van der Waals surface area contributed by atoms with Crippen LogP contribution in [-0.2, 0) is 12.8 Å². The molecule has 2 nitrogen and oxygen atoms in total. The summed E-state index contributed by atoms with van der Waals surface area (Å²) in [4.78, 5) is 7.16. The second-order valence-electron chi connectivity index (χ2n) is 4.29. The Morgan fingerprint density at radius 1 is 1.00 bits per heavy atom. The van der Waals surface area contributed by atoms with Crippen molar-refractivity contribution in [3.05, 3.63) is 64.9 Å². The lowest BCUT2D eigenvalue weighted by atomic mass is 10.0. The molecule has 0 aliphatic carbocycles. The summed E-state index contributed by atoms with van der Waals surface area (Å²) < 4.78 is 0. The third-order valence-corrected chi connectivity index (χ3v) is 3.73. The largest absolute Gasteiger partial charge is 0.348 e.